The number of hydrogen-bond donors (Lipinski definition) is 2. The molecule has 0 saturated heterocycles. The molecule has 0 aromatic carbocycles. The lowest BCUT2D eigenvalue weighted by Crippen LogP contribution is -2.18. The lowest BCUT2D eigenvalue weighted by atomic mass is 10.1. The lowest BCUT2D eigenvalue weighted by molar-refractivity contribution is 0.198. The van der Waals surface area contributed by atoms with E-state index in [-0.39, 0.29) is 0 Å². The number of hydrogen-bond acceptors (Lipinski definition) is 6. The van der Waals surface area contributed by atoms with E-state index < -0.39 is 0 Å². The quantitative estimate of drug-likeness (QED) is 0.622. The molecule has 1 unspecified atom stereocenters. The van der Waals surface area contributed by atoms with Gasteiger partial charge < -0.3 is 19.8 Å². The topological polar surface area (TPSA) is 72.2 Å². The highest BCUT2D eigenvalue weighted by molar-refractivity contribution is 5.18. The van der Waals surface area contributed by atoms with E-state index in [0.29, 0.717) is 31.1 Å². The highest BCUT2D eigenvalue weighted by Crippen LogP contribution is 2.09. The third-order valence-corrected chi connectivity index (χ3v) is 2.59. The highest BCUT2D eigenvalue weighted by Gasteiger charge is 2.08. The van der Waals surface area contributed by atoms with Crippen molar-refractivity contribution < 1.29 is 9.15 Å². The van der Waals surface area contributed by atoms with E-state index in [4.69, 9.17) is 9.15 Å². The molecule has 1 atom stereocenters. The first kappa shape index (κ1) is 14.9. The lowest BCUT2D eigenvalue weighted by Gasteiger charge is -2.10. The van der Waals surface area contributed by atoms with Crippen LogP contribution in [-0.2, 0) is 11.3 Å². The molecule has 1 aromatic rings. The van der Waals surface area contributed by atoms with Crippen LogP contribution in [0.25, 0.3) is 0 Å². The fourth-order valence-electron chi connectivity index (χ4n) is 1.55. The van der Waals surface area contributed by atoms with E-state index in [1.54, 1.807) is 7.11 Å². The fraction of sp³-hybridized carbons (Fsp3) is 0.833. The summed E-state index contributed by atoms with van der Waals surface area (Å²) in [5.74, 6) is 0.594. The predicted molar refractivity (Wildman–Crippen MR) is 70.5 cm³/mol. The summed E-state index contributed by atoms with van der Waals surface area (Å²) in [5.41, 5.74) is 0. The summed E-state index contributed by atoms with van der Waals surface area (Å²) in [4.78, 5) is 0. The predicted octanol–water partition coefficient (Wildman–Crippen LogP) is 1.80. The minimum Gasteiger partial charge on any atom is -0.407 e. The van der Waals surface area contributed by atoms with Gasteiger partial charge in [0.2, 0.25) is 5.89 Å². The van der Waals surface area contributed by atoms with Crippen LogP contribution >= 0.6 is 0 Å². The van der Waals surface area contributed by atoms with Crippen LogP contribution in [0.1, 0.15) is 39.0 Å². The van der Waals surface area contributed by atoms with E-state index in [2.05, 4.69) is 34.7 Å². The molecule has 0 spiro atoms. The maximum absolute atomic E-state index is 5.48. The van der Waals surface area contributed by atoms with Crippen LogP contribution in [0.2, 0.25) is 0 Å². The number of rotatable bonds is 10. The van der Waals surface area contributed by atoms with Gasteiger partial charge in [-0.1, -0.05) is 24.9 Å². The van der Waals surface area contributed by atoms with Gasteiger partial charge in [0, 0.05) is 19.7 Å². The normalized spacial score (nSPS) is 12.6. The smallest absolute Gasteiger partial charge is 0.315 e. The molecule has 0 amide bonds. The fourth-order valence-corrected chi connectivity index (χ4v) is 1.55. The number of nitrogens with zero attached hydrogens (tertiary/aromatic N) is 2. The molecule has 104 valence electrons. The largest absolute Gasteiger partial charge is 0.407 e. The summed E-state index contributed by atoms with van der Waals surface area (Å²) < 4.78 is 10.4. The summed E-state index contributed by atoms with van der Waals surface area (Å²) in [6.45, 7) is 6.32. The monoisotopic (exact) mass is 256 g/mol. The van der Waals surface area contributed by atoms with Crippen molar-refractivity contribution in [3.8, 4) is 0 Å². The zero-order valence-electron chi connectivity index (χ0n) is 11.5. The van der Waals surface area contributed by atoms with E-state index in [1.807, 2.05) is 0 Å². The van der Waals surface area contributed by atoms with Gasteiger partial charge in [0.1, 0.15) is 0 Å². The van der Waals surface area contributed by atoms with Crippen LogP contribution in [-0.4, -0.2) is 36.5 Å². The number of nitrogens with one attached hydrogen (secondary N) is 2. The Bertz CT molecular complexity index is 317. The number of anilines is 1. The molecule has 0 aliphatic rings. The van der Waals surface area contributed by atoms with Gasteiger partial charge >= 0.3 is 6.01 Å². The van der Waals surface area contributed by atoms with Crippen molar-refractivity contribution in [2.24, 2.45) is 0 Å². The maximum atomic E-state index is 5.48. The van der Waals surface area contributed by atoms with Gasteiger partial charge in [-0.05, 0) is 13.3 Å². The molecule has 18 heavy (non-hydrogen) atoms. The van der Waals surface area contributed by atoms with Crippen LogP contribution in [0.5, 0.6) is 0 Å². The molecule has 2 N–H and O–H groups in total. The molecule has 1 rings (SSSR count). The van der Waals surface area contributed by atoms with Gasteiger partial charge in [0.15, 0.2) is 0 Å². The minimum absolute atomic E-state index is 0.361. The van der Waals surface area contributed by atoms with Crippen molar-refractivity contribution in [1.29, 1.82) is 0 Å². The van der Waals surface area contributed by atoms with Gasteiger partial charge in [-0.15, -0.1) is 5.10 Å². The van der Waals surface area contributed by atoms with Crippen LogP contribution in [0.15, 0.2) is 4.42 Å². The first-order valence-corrected chi connectivity index (χ1v) is 6.54. The molecule has 0 aliphatic heterocycles. The van der Waals surface area contributed by atoms with Crippen LogP contribution < -0.4 is 10.6 Å². The summed E-state index contributed by atoms with van der Waals surface area (Å²) >= 11 is 0. The van der Waals surface area contributed by atoms with Crippen molar-refractivity contribution in [3.05, 3.63) is 5.89 Å². The molecular formula is C12H24N4O2. The third-order valence-electron chi connectivity index (χ3n) is 2.59. The molecule has 6 heteroatoms. The number of ether oxygens (including phenoxy) is 1. The van der Waals surface area contributed by atoms with Crippen LogP contribution in [0.4, 0.5) is 6.01 Å². The third kappa shape index (κ3) is 5.97. The van der Waals surface area contributed by atoms with Crippen molar-refractivity contribution in [1.82, 2.24) is 15.5 Å². The van der Waals surface area contributed by atoms with Crippen LogP contribution in [0.3, 0.4) is 0 Å². The average Bonchev–Trinajstić information content (AvgIpc) is 2.80. The molecule has 1 aromatic heterocycles. The zero-order chi connectivity index (χ0) is 13.2. The number of unbranched alkanes of at least 4 members (excludes halogenated alkanes) is 1. The summed E-state index contributed by atoms with van der Waals surface area (Å²) in [6.07, 6.45) is 3.51. The van der Waals surface area contributed by atoms with Gasteiger partial charge in [-0.3, -0.25) is 0 Å². The van der Waals surface area contributed by atoms with Crippen molar-refractivity contribution in [3.63, 3.8) is 0 Å². The number of aromatic nitrogens is 2. The molecule has 0 aliphatic carbocycles. The van der Waals surface area contributed by atoms with E-state index in [9.17, 15) is 0 Å². The van der Waals surface area contributed by atoms with Crippen molar-refractivity contribution in [2.45, 2.75) is 45.7 Å². The molecule has 0 fully saturated rings. The van der Waals surface area contributed by atoms with Crippen molar-refractivity contribution in [2.75, 3.05) is 25.6 Å². The zero-order valence-corrected chi connectivity index (χ0v) is 11.5. The second kappa shape index (κ2) is 8.88. The Morgan fingerprint density at radius 1 is 1.39 bits per heavy atom. The van der Waals surface area contributed by atoms with E-state index >= 15 is 0 Å². The summed E-state index contributed by atoms with van der Waals surface area (Å²) in [6, 6.07) is 0.863. The molecule has 6 nitrogen and oxygen atoms in total. The Morgan fingerprint density at radius 3 is 2.94 bits per heavy atom. The van der Waals surface area contributed by atoms with Gasteiger partial charge in [-0.2, -0.15) is 0 Å². The van der Waals surface area contributed by atoms with E-state index in [1.165, 1.54) is 12.8 Å². The first-order chi connectivity index (χ1) is 8.76. The van der Waals surface area contributed by atoms with Crippen molar-refractivity contribution >= 4 is 6.01 Å². The highest BCUT2D eigenvalue weighted by atomic mass is 16.5. The SMILES string of the molecule is CCCCC(C)Nc1nnc(CNCCOC)o1. The van der Waals surface area contributed by atoms with E-state index in [0.717, 1.165) is 13.0 Å². The van der Waals surface area contributed by atoms with Gasteiger partial charge in [0.25, 0.3) is 0 Å². The Balaban J connectivity index is 2.25. The molecule has 0 saturated carbocycles. The Kier molecular flexibility index (Phi) is 7.36. The molecular weight excluding hydrogens is 232 g/mol. The second-order valence-corrected chi connectivity index (χ2v) is 4.36. The Hall–Kier alpha value is -1.14. The molecule has 0 radical (unpaired) electrons. The summed E-state index contributed by atoms with van der Waals surface area (Å²) in [5, 5.41) is 14.3. The average molecular weight is 256 g/mol. The standard InChI is InChI=1S/C12H24N4O2/c1-4-5-6-10(2)14-12-16-15-11(18-12)9-13-7-8-17-3/h10,13H,4-9H2,1-3H3,(H,14,16). The Morgan fingerprint density at radius 2 is 2.22 bits per heavy atom. The van der Waals surface area contributed by atoms with Crippen LogP contribution in [0, 0.1) is 0 Å². The summed E-state index contributed by atoms with van der Waals surface area (Å²) in [7, 11) is 1.67. The van der Waals surface area contributed by atoms with Gasteiger partial charge in [0.05, 0.1) is 13.2 Å². The Labute approximate surface area is 108 Å². The molecule has 0 bridgehead atoms. The number of methoxy groups -OCH3 is 1. The molecule has 1 heterocycles. The maximum Gasteiger partial charge on any atom is 0.315 e. The first-order valence-electron chi connectivity index (χ1n) is 6.54. The minimum atomic E-state index is 0.361. The van der Waals surface area contributed by atoms with Gasteiger partial charge in [-0.25, -0.2) is 0 Å². The second-order valence-electron chi connectivity index (χ2n) is 4.36.